The Morgan fingerprint density at radius 3 is 2.56 bits per heavy atom. The maximum absolute atomic E-state index is 13.3. The summed E-state index contributed by atoms with van der Waals surface area (Å²) < 4.78 is 6.40. The lowest BCUT2D eigenvalue weighted by Gasteiger charge is -2.06. The number of thiophene rings is 1. The summed E-state index contributed by atoms with van der Waals surface area (Å²) in [7, 11) is 0. The lowest BCUT2D eigenvalue weighted by atomic mass is 10.0. The van der Waals surface area contributed by atoms with Gasteiger partial charge in [0.15, 0.2) is 5.78 Å². The number of aryl methyl sites for hydroxylation is 2. The summed E-state index contributed by atoms with van der Waals surface area (Å²) in [6.45, 7) is 7.21. The molecule has 8 heteroatoms. The van der Waals surface area contributed by atoms with Crippen LogP contribution in [-0.4, -0.2) is 32.9 Å². The van der Waals surface area contributed by atoms with Crippen molar-refractivity contribution in [3.05, 3.63) is 74.4 Å². The van der Waals surface area contributed by atoms with Crippen molar-refractivity contribution in [2.45, 2.75) is 34.2 Å². The highest BCUT2D eigenvalue weighted by molar-refractivity contribution is 7.17. The summed E-state index contributed by atoms with van der Waals surface area (Å²) in [5, 5.41) is 2.42. The number of nitrogens with zero attached hydrogens (tertiary/aromatic N) is 2. The number of hydrogen-bond acceptors (Lipinski definition) is 6. The molecule has 164 valence electrons. The van der Waals surface area contributed by atoms with E-state index in [1.54, 1.807) is 20.8 Å². The van der Waals surface area contributed by atoms with E-state index in [0.717, 1.165) is 16.7 Å². The van der Waals surface area contributed by atoms with Crippen LogP contribution in [0.4, 0.5) is 0 Å². The van der Waals surface area contributed by atoms with E-state index in [2.05, 4.69) is 9.97 Å². The van der Waals surface area contributed by atoms with Crippen LogP contribution < -0.4 is 5.56 Å². The minimum absolute atomic E-state index is 0.186. The van der Waals surface area contributed by atoms with Gasteiger partial charge in [-0.3, -0.25) is 14.2 Å². The van der Waals surface area contributed by atoms with Crippen LogP contribution in [0.1, 0.15) is 44.6 Å². The van der Waals surface area contributed by atoms with Gasteiger partial charge < -0.3 is 9.72 Å². The zero-order valence-electron chi connectivity index (χ0n) is 18.3. The maximum atomic E-state index is 13.3. The van der Waals surface area contributed by atoms with Crippen LogP contribution in [0.5, 0.6) is 0 Å². The first-order valence-corrected chi connectivity index (χ1v) is 11.1. The molecule has 1 aromatic carbocycles. The first kappa shape index (κ1) is 21.7. The van der Waals surface area contributed by atoms with Crippen molar-refractivity contribution in [2.24, 2.45) is 0 Å². The molecule has 7 nitrogen and oxygen atoms in total. The standard InChI is InChI=1S/C24H23N3O4S/c1-5-31-24(30)19-14(3)21(26-15(19)4)18(28)10-27-12-25-22-20(23(27)29)17(11-32-22)16-8-6-13(2)7-9-16/h6-9,11-12,26H,5,10H2,1-4H3. The molecule has 0 amide bonds. The van der Waals surface area contributed by atoms with Crippen molar-refractivity contribution >= 4 is 33.3 Å². The van der Waals surface area contributed by atoms with Gasteiger partial charge in [-0.2, -0.15) is 0 Å². The molecular formula is C24H23N3O4S. The Morgan fingerprint density at radius 1 is 1.16 bits per heavy atom. The molecular weight excluding hydrogens is 426 g/mol. The number of Topliss-reactive ketones (excluding diaryl/α,β-unsaturated/α-hetero) is 1. The Hall–Kier alpha value is -3.52. The molecule has 4 aromatic rings. The van der Waals surface area contributed by atoms with Gasteiger partial charge in [0, 0.05) is 16.6 Å². The van der Waals surface area contributed by atoms with Crippen LogP contribution in [-0.2, 0) is 11.3 Å². The lowest BCUT2D eigenvalue weighted by Crippen LogP contribution is -2.25. The molecule has 0 atom stereocenters. The van der Waals surface area contributed by atoms with Crippen LogP contribution in [0.25, 0.3) is 21.3 Å². The second kappa shape index (κ2) is 8.55. The number of benzene rings is 1. The Kier molecular flexibility index (Phi) is 5.80. The molecule has 0 saturated heterocycles. The van der Waals surface area contributed by atoms with Gasteiger partial charge >= 0.3 is 5.97 Å². The zero-order valence-corrected chi connectivity index (χ0v) is 19.1. The number of ketones is 1. The van der Waals surface area contributed by atoms with E-state index in [0.29, 0.717) is 32.7 Å². The number of hydrogen-bond donors (Lipinski definition) is 1. The van der Waals surface area contributed by atoms with Crippen molar-refractivity contribution in [3.63, 3.8) is 0 Å². The molecule has 0 spiro atoms. The molecule has 0 aliphatic heterocycles. The molecule has 0 bridgehead atoms. The molecule has 0 aliphatic carbocycles. The summed E-state index contributed by atoms with van der Waals surface area (Å²) in [5.74, 6) is -0.782. The normalized spacial score (nSPS) is 11.1. The number of nitrogens with one attached hydrogen (secondary N) is 1. The van der Waals surface area contributed by atoms with Crippen LogP contribution in [0.15, 0.2) is 40.8 Å². The van der Waals surface area contributed by atoms with Gasteiger partial charge in [0.1, 0.15) is 4.83 Å². The van der Waals surface area contributed by atoms with Gasteiger partial charge in [0.2, 0.25) is 0 Å². The number of aromatic nitrogens is 3. The number of esters is 1. The van der Waals surface area contributed by atoms with Crippen molar-refractivity contribution in [2.75, 3.05) is 6.61 Å². The number of ether oxygens (including phenoxy) is 1. The Morgan fingerprint density at radius 2 is 1.88 bits per heavy atom. The second-order valence-corrected chi connectivity index (χ2v) is 8.50. The van der Waals surface area contributed by atoms with E-state index in [-0.39, 0.29) is 24.5 Å². The molecule has 1 N–H and O–H groups in total. The van der Waals surface area contributed by atoms with Crippen molar-refractivity contribution < 1.29 is 14.3 Å². The third kappa shape index (κ3) is 3.78. The SMILES string of the molecule is CCOC(=O)c1c(C)[nH]c(C(=O)Cn2cnc3scc(-c4ccc(C)cc4)c3c2=O)c1C. The van der Waals surface area contributed by atoms with E-state index < -0.39 is 5.97 Å². The average molecular weight is 450 g/mol. The van der Waals surface area contributed by atoms with E-state index in [1.807, 2.05) is 36.6 Å². The fraction of sp³-hybridized carbons (Fsp3) is 0.250. The molecule has 32 heavy (non-hydrogen) atoms. The number of aromatic amines is 1. The lowest BCUT2D eigenvalue weighted by molar-refractivity contribution is 0.0525. The van der Waals surface area contributed by atoms with E-state index in [1.165, 1.54) is 22.2 Å². The van der Waals surface area contributed by atoms with E-state index in [4.69, 9.17) is 4.74 Å². The summed E-state index contributed by atoms with van der Waals surface area (Å²) >= 11 is 1.40. The van der Waals surface area contributed by atoms with Crippen LogP contribution in [0, 0.1) is 20.8 Å². The zero-order chi connectivity index (χ0) is 23.0. The Bertz CT molecular complexity index is 1390. The largest absolute Gasteiger partial charge is 0.462 e. The third-order valence-electron chi connectivity index (χ3n) is 5.43. The first-order chi connectivity index (χ1) is 15.3. The van der Waals surface area contributed by atoms with Crippen LogP contribution >= 0.6 is 11.3 Å². The minimum Gasteiger partial charge on any atom is -0.462 e. The molecule has 4 rings (SSSR count). The van der Waals surface area contributed by atoms with Gasteiger partial charge in [0.25, 0.3) is 5.56 Å². The summed E-state index contributed by atoms with van der Waals surface area (Å²) in [6, 6.07) is 7.94. The highest BCUT2D eigenvalue weighted by Gasteiger charge is 2.23. The van der Waals surface area contributed by atoms with Crippen molar-refractivity contribution in [1.29, 1.82) is 0 Å². The highest BCUT2D eigenvalue weighted by Crippen LogP contribution is 2.30. The summed E-state index contributed by atoms with van der Waals surface area (Å²) in [4.78, 5) is 46.5. The molecule has 3 aromatic heterocycles. The predicted molar refractivity (Wildman–Crippen MR) is 125 cm³/mol. The number of fused-ring (bicyclic) bond motifs is 1. The van der Waals surface area contributed by atoms with Gasteiger partial charge in [0.05, 0.1) is 36.1 Å². The molecule has 0 saturated carbocycles. The monoisotopic (exact) mass is 449 g/mol. The van der Waals surface area contributed by atoms with Gasteiger partial charge in [-0.1, -0.05) is 29.8 Å². The number of rotatable bonds is 6. The predicted octanol–water partition coefficient (Wildman–Crippen LogP) is 4.44. The fourth-order valence-electron chi connectivity index (χ4n) is 3.80. The van der Waals surface area contributed by atoms with E-state index in [9.17, 15) is 14.4 Å². The summed E-state index contributed by atoms with van der Waals surface area (Å²) in [5.41, 5.74) is 4.33. The quantitative estimate of drug-likeness (QED) is 0.347. The second-order valence-electron chi connectivity index (χ2n) is 7.64. The van der Waals surface area contributed by atoms with Gasteiger partial charge in [-0.05, 0) is 38.8 Å². The first-order valence-electron chi connectivity index (χ1n) is 10.2. The smallest absolute Gasteiger partial charge is 0.340 e. The molecule has 0 unspecified atom stereocenters. The van der Waals surface area contributed by atoms with Crippen molar-refractivity contribution in [3.8, 4) is 11.1 Å². The molecule has 0 aliphatic rings. The van der Waals surface area contributed by atoms with Crippen molar-refractivity contribution in [1.82, 2.24) is 14.5 Å². The highest BCUT2D eigenvalue weighted by atomic mass is 32.1. The topological polar surface area (TPSA) is 94.1 Å². The van der Waals surface area contributed by atoms with Gasteiger partial charge in [-0.15, -0.1) is 11.3 Å². The number of carbonyl (C=O) groups is 2. The maximum Gasteiger partial charge on any atom is 0.340 e. The van der Waals surface area contributed by atoms with Crippen LogP contribution in [0.2, 0.25) is 0 Å². The Labute approximate surface area is 188 Å². The molecule has 0 radical (unpaired) electrons. The third-order valence-corrected chi connectivity index (χ3v) is 6.32. The fourth-order valence-corrected chi connectivity index (χ4v) is 4.70. The summed E-state index contributed by atoms with van der Waals surface area (Å²) in [6.07, 6.45) is 1.40. The van der Waals surface area contributed by atoms with Gasteiger partial charge in [-0.25, -0.2) is 9.78 Å². The molecule has 0 fully saturated rings. The minimum atomic E-state index is -0.473. The molecule has 3 heterocycles. The number of carbonyl (C=O) groups excluding carboxylic acids is 2. The average Bonchev–Trinajstić information content (AvgIpc) is 3.32. The van der Waals surface area contributed by atoms with E-state index >= 15 is 0 Å². The van der Waals surface area contributed by atoms with Crippen LogP contribution in [0.3, 0.4) is 0 Å². The Balaban J connectivity index is 1.70. The number of H-pyrrole nitrogens is 1.